The van der Waals surface area contributed by atoms with Gasteiger partial charge in [-0.15, -0.1) is 0 Å². The van der Waals surface area contributed by atoms with Gasteiger partial charge >= 0.3 is 0 Å². The molecule has 0 bridgehead atoms. The van der Waals surface area contributed by atoms with Crippen molar-refractivity contribution in [1.82, 2.24) is 24.4 Å². The summed E-state index contributed by atoms with van der Waals surface area (Å²) in [7, 11) is 7.58. The largest absolute Gasteiger partial charge is 0.378 e. The van der Waals surface area contributed by atoms with Crippen LogP contribution in [0.5, 0.6) is 0 Å². The van der Waals surface area contributed by atoms with E-state index in [0.29, 0.717) is 22.6 Å². The maximum Gasteiger partial charge on any atom is 0.225 e. The number of likely N-dealkylation sites (N-methyl/N-ethyl adjacent to an activating group) is 1. The van der Waals surface area contributed by atoms with Gasteiger partial charge in [0.25, 0.3) is 0 Å². The minimum absolute atomic E-state index is 0.135. The molecule has 2 aromatic heterocycles. The van der Waals surface area contributed by atoms with Crippen molar-refractivity contribution in [2.24, 2.45) is 0 Å². The molecule has 0 spiro atoms. The first kappa shape index (κ1) is 20.2. The fraction of sp³-hybridized carbons (Fsp3) is 0.250. The van der Waals surface area contributed by atoms with Crippen LogP contribution in [0, 0.1) is 0 Å². The lowest BCUT2D eigenvalue weighted by molar-refractivity contribution is 0.0358. The van der Waals surface area contributed by atoms with Gasteiger partial charge in [0.2, 0.25) is 5.95 Å². The molecule has 4 rings (SSSR count). The Hall–Kier alpha value is -3.04. The second-order valence-electron chi connectivity index (χ2n) is 7.23. The number of nitrogens with zero attached hydrogens (tertiary/aromatic N) is 6. The molecule has 1 fully saturated rings. The van der Waals surface area contributed by atoms with Crippen molar-refractivity contribution in [3.8, 4) is 5.69 Å². The molecule has 1 aliphatic rings. The van der Waals surface area contributed by atoms with Crippen LogP contribution in [-0.2, 0) is 0 Å². The molecule has 0 saturated carbocycles. The maximum absolute atomic E-state index is 10.3. The topological polar surface area (TPSA) is 82.3 Å². The van der Waals surface area contributed by atoms with E-state index < -0.39 is 5.62 Å². The molecule has 1 saturated heterocycles. The van der Waals surface area contributed by atoms with Crippen molar-refractivity contribution in [3.63, 3.8) is 0 Å². The summed E-state index contributed by atoms with van der Waals surface area (Å²) in [6.45, 7) is 6.10. The van der Waals surface area contributed by atoms with Gasteiger partial charge in [0.05, 0.1) is 24.6 Å². The highest BCUT2D eigenvalue weighted by molar-refractivity contribution is 6.30. The molecule has 1 aliphatic heterocycles. The van der Waals surface area contributed by atoms with Gasteiger partial charge in [-0.25, -0.2) is 9.97 Å². The number of aromatic nitrogens is 4. The molecule has 30 heavy (non-hydrogen) atoms. The number of β-amino-alcohol motifs (C(OH)–C–C–N with tert-alkyl or cyclic N) is 1. The second-order valence-corrected chi connectivity index (χ2v) is 7.66. The van der Waals surface area contributed by atoms with Gasteiger partial charge in [-0.1, -0.05) is 18.2 Å². The Morgan fingerprint density at radius 2 is 2.00 bits per heavy atom. The fourth-order valence-corrected chi connectivity index (χ4v) is 3.33. The Bertz CT molecular complexity index is 1070. The molecular formula is C20H21BClN7O. The zero-order chi connectivity index (χ0) is 21.5. The number of halogens is 1. The standard InChI is InChI=1S/C20H21BClN7O/c1-13(17-10-28(12-24-17)16-6-4-15(22)5-7-16)25-19-23-9-8-18(26-19)29-11-20(21,30)27(3)14(29)2/h4-10,12-13,30H,2,11H2,1,3H3,(H,23,25,26). The lowest BCUT2D eigenvalue weighted by Crippen LogP contribution is -2.43. The van der Waals surface area contributed by atoms with E-state index in [2.05, 4.69) is 26.8 Å². The van der Waals surface area contributed by atoms with Gasteiger partial charge < -0.3 is 24.8 Å². The van der Waals surface area contributed by atoms with Crippen LogP contribution in [0.2, 0.25) is 5.02 Å². The second kappa shape index (κ2) is 7.66. The number of anilines is 2. The molecular weight excluding hydrogens is 401 g/mol. The van der Waals surface area contributed by atoms with E-state index in [1.54, 1.807) is 30.5 Å². The van der Waals surface area contributed by atoms with Crippen LogP contribution in [0.25, 0.3) is 5.69 Å². The summed E-state index contributed by atoms with van der Waals surface area (Å²) in [5.74, 6) is 1.58. The first-order valence-electron chi connectivity index (χ1n) is 9.35. The van der Waals surface area contributed by atoms with E-state index >= 15 is 0 Å². The Balaban J connectivity index is 1.49. The van der Waals surface area contributed by atoms with E-state index in [1.165, 1.54) is 4.90 Å². The average molecular weight is 422 g/mol. The Morgan fingerprint density at radius 1 is 1.27 bits per heavy atom. The summed E-state index contributed by atoms with van der Waals surface area (Å²) in [5.41, 5.74) is 0.298. The maximum atomic E-state index is 10.3. The molecule has 0 aliphatic carbocycles. The fourth-order valence-electron chi connectivity index (χ4n) is 3.20. The van der Waals surface area contributed by atoms with E-state index in [-0.39, 0.29) is 12.6 Å². The number of imidazole rings is 1. The monoisotopic (exact) mass is 421 g/mol. The van der Waals surface area contributed by atoms with Gasteiger partial charge in [0.1, 0.15) is 25.1 Å². The van der Waals surface area contributed by atoms with E-state index in [4.69, 9.17) is 19.4 Å². The summed E-state index contributed by atoms with van der Waals surface area (Å²) < 4.78 is 1.92. The predicted octanol–water partition coefficient (Wildman–Crippen LogP) is 2.53. The molecule has 0 amide bonds. The van der Waals surface area contributed by atoms with Gasteiger partial charge in [-0.2, -0.15) is 4.98 Å². The normalized spacial score (nSPS) is 19.9. The smallest absolute Gasteiger partial charge is 0.225 e. The van der Waals surface area contributed by atoms with E-state index in [9.17, 15) is 5.11 Å². The van der Waals surface area contributed by atoms with Gasteiger partial charge in [0.15, 0.2) is 0 Å². The van der Waals surface area contributed by atoms with Crippen molar-refractivity contribution in [2.45, 2.75) is 18.6 Å². The Morgan fingerprint density at radius 3 is 2.67 bits per heavy atom. The van der Waals surface area contributed by atoms with Crippen LogP contribution < -0.4 is 10.2 Å². The van der Waals surface area contributed by atoms with Crippen LogP contribution >= 0.6 is 11.6 Å². The molecule has 2 N–H and O–H groups in total. The predicted molar refractivity (Wildman–Crippen MR) is 118 cm³/mol. The summed E-state index contributed by atoms with van der Waals surface area (Å²) in [4.78, 5) is 16.6. The van der Waals surface area contributed by atoms with Crippen molar-refractivity contribution < 1.29 is 5.11 Å². The van der Waals surface area contributed by atoms with Crippen LogP contribution in [0.3, 0.4) is 0 Å². The average Bonchev–Trinajstić information content (AvgIpc) is 3.29. The van der Waals surface area contributed by atoms with Crippen molar-refractivity contribution in [2.75, 3.05) is 23.8 Å². The zero-order valence-electron chi connectivity index (χ0n) is 16.7. The molecule has 10 heteroatoms. The number of benzene rings is 1. The van der Waals surface area contributed by atoms with Gasteiger partial charge in [-0.05, 0) is 37.3 Å². The molecule has 1 aromatic carbocycles. The van der Waals surface area contributed by atoms with Crippen LogP contribution in [-0.4, -0.2) is 56.6 Å². The highest BCUT2D eigenvalue weighted by atomic mass is 35.5. The molecule has 3 aromatic rings. The van der Waals surface area contributed by atoms with E-state index in [1.807, 2.05) is 42.0 Å². The zero-order valence-corrected chi connectivity index (χ0v) is 17.5. The van der Waals surface area contributed by atoms with Crippen molar-refractivity contribution in [1.29, 1.82) is 0 Å². The number of aliphatic hydroxyl groups is 1. The molecule has 2 radical (unpaired) electrons. The third-order valence-electron chi connectivity index (χ3n) is 5.10. The quantitative estimate of drug-likeness (QED) is 0.613. The number of hydrogen-bond acceptors (Lipinski definition) is 7. The van der Waals surface area contributed by atoms with Crippen LogP contribution in [0.15, 0.2) is 61.5 Å². The first-order valence-corrected chi connectivity index (χ1v) is 9.73. The lowest BCUT2D eigenvalue weighted by Gasteiger charge is -2.26. The molecule has 2 atom stereocenters. The summed E-state index contributed by atoms with van der Waals surface area (Å²) >= 11 is 5.96. The van der Waals surface area contributed by atoms with E-state index in [0.717, 1.165) is 11.4 Å². The van der Waals surface area contributed by atoms with Gasteiger partial charge in [-0.3, -0.25) is 0 Å². The lowest BCUT2D eigenvalue weighted by atomic mass is 9.91. The van der Waals surface area contributed by atoms with Crippen LogP contribution in [0.4, 0.5) is 11.8 Å². The van der Waals surface area contributed by atoms with Gasteiger partial charge in [0, 0.05) is 30.2 Å². The molecule has 3 heterocycles. The number of hydrogen-bond donors (Lipinski definition) is 2. The molecule has 152 valence electrons. The van der Waals surface area contributed by atoms with Crippen molar-refractivity contribution >= 4 is 31.2 Å². The van der Waals surface area contributed by atoms with Crippen LogP contribution in [0.1, 0.15) is 18.7 Å². The minimum Gasteiger partial charge on any atom is -0.378 e. The minimum atomic E-state index is -1.50. The Kier molecular flexibility index (Phi) is 5.17. The van der Waals surface area contributed by atoms with Crippen molar-refractivity contribution in [3.05, 3.63) is 72.2 Å². The third-order valence-corrected chi connectivity index (χ3v) is 5.36. The summed E-state index contributed by atoms with van der Waals surface area (Å²) in [6, 6.07) is 9.14. The SMILES string of the molecule is [B]C1(O)CN(c2ccnc(NC(C)c3cn(-c4ccc(Cl)cc4)cn3)n2)C(=C)N1C. The third kappa shape index (κ3) is 3.86. The number of nitrogens with one attached hydrogen (secondary N) is 1. The highest BCUT2D eigenvalue weighted by Crippen LogP contribution is 2.30. The highest BCUT2D eigenvalue weighted by Gasteiger charge is 2.39. The summed E-state index contributed by atoms with van der Waals surface area (Å²) in [5, 5.41) is 14.2. The first-order chi connectivity index (χ1) is 14.2. The molecule has 8 nitrogen and oxygen atoms in total. The Labute approximate surface area is 181 Å². The number of rotatable bonds is 5. The molecule has 2 unspecified atom stereocenters. The summed E-state index contributed by atoms with van der Waals surface area (Å²) in [6.07, 6.45) is 5.33.